The molecule has 1 N–H and O–H groups in total. The number of carbonyl (C=O) groups is 1. The Morgan fingerprint density at radius 3 is 2.54 bits per heavy atom. The molecule has 0 saturated heterocycles. The Hall–Kier alpha value is -2.63. The molecule has 0 unspecified atom stereocenters. The molecule has 37 heavy (non-hydrogen) atoms. The summed E-state index contributed by atoms with van der Waals surface area (Å²) in [7, 11) is 1.71. The number of rotatable bonds is 6. The average molecular weight is 537 g/mol. The fourth-order valence-electron chi connectivity index (χ4n) is 4.97. The second kappa shape index (κ2) is 11.0. The number of hydrogen-bond donors (Lipinski definition) is 1. The standard InChI is InChI=1S/C31H37ClN2O2S/c1-18(2)25-15-20(19(3)14-26(25)36-7)17-33-30-28(29(35)34-23-11-9-22(32)10-12-23)24-13-8-21(31(4,5)6)16-27(24)37-30/h9-12,14-15,17-18,21H,8,13,16H2,1-7H3,(H,34,35)/t21-/m0/s1. The van der Waals surface area contributed by atoms with Gasteiger partial charge in [-0.2, -0.15) is 0 Å². The van der Waals surface area contributed by atoms with E-state index < -0.39 is 0 Å². The maximum Gasteiger partial charge on any atom is 0.259 e. The molecule has 196 valence electrons. The minimum Gasteiger partial charge on any atom is -0.496 e. The molecule has 6 heteroatoms. The van der Waals surface area contributed by atoms with Crippen molar-refractivity contribution < 1.29 is 9.53 Å². The smallest absolute Gasteiger partial charge is 0.259 e. The molecule has 2 aromatic carbocycles. The Kier molecular flexibility index (Phi) is 8.15. The summed E-state index contributed by atoms with van der Waals surface area (Å²) < 4.78 is 5.61. The summed E-state index contributed by atoms with van der Waals surface area (Å²) in [5.74, 6) is 1.69. The molecule has 1 atom stereocenters. The van der Waals surface area contributed by atoms with Crippen molar-refractivity contribution >= 4 is 45.7 Å². The molecule has 1 aliphatic rings. The van der Waals surface area contributed by atoms with Gasteiger partial charge >= 0.3 is 0 Å². The Morgan fingerprint density at radius 1 is 1.22 bits per heavy atom. The fourth-order valence-corrected chi connectivity index (χ4v) is 6.37. The van der Waals surface area contributed by atoms with Crippen LogP contribution in [0.15, 0.2) is 41.4 Å². The first-order chi connectivity index (χ1) is 17.5. The monoisotopic (exact) mass is 536 g/mol. The highest BCUT2D eigenvalue weighted by molar-refractivity contribution is 7.16. The van der Waals surface area contributed by atoms with Crippen molar-refractivity contribution in [3.63, 3.8) is 0 Å². The van der Waals surface area contributed by atoms with Gasteiger partial charge in [0.25, 0.3) is 5.91 Å². The van der Waals surface area contributed by atoms with E-state index in [0.717, 1.165) is 58.0 Å². The van der Waals surface area contributed by atoms with Crippen LogP contribution in [-0.2, 0) is 12.8 Å². The highest BCUT2D eigenvalue weighted by Crippen LogP contribution is 2.45. The maximum absolute atomic E-state index is 13.6. The molecule has 0 bridgehead atoms. The molecule has 4 nitrogen and oxygen atoms in total. The predicted octanol–water partition coefficient (Wildman–Crippen LogP) is 9.00. The Balaban J connectivity index is 1.74. The summed E-state index contributed by atoms with van der Waals surface area (Å²) >= 11 is 7.70. The quantitative estimate of drug-likeness (QED) is 0.319. The largest absolute Gasteiger partial charge is 0.496 e. The molecule has 0 aliphatic heterocycles. The number of halogens is 1. The first-order valence-electron chi connectivity index (χ1n) is 12.9. The van der Waals surface area contributed by atoms with E-state index in [1.165, 1.54) is 4.88 Å². The van der Waals surface area contributed by atoms with Crippen molar-refractivity contribution in [1.29, 1.82) is 0 Å². The number of fused-ring (bicyclic) bond motifs is 1. The van der Waals surface area contributed by atoms with Gasteiger partial charge in [-0.15, -0.1) is 11.3 Å². The summed E-state index contributed by atoms with van der Waals surface area (Å²) in [5, 5.41) is 4.48. The number of anilines is 1. The molecule has 4 rings (SSSR count). The van der Waals surface area contributed by atoms with E-state index in [9.17, 15) is 4.79 Å². The predicted molar refractivity (Wildman–Crippen MR) is 158 cm³/mol. The molecular formula is C31H37ClN2O2S. The second-order valence-corrected chi connectivity index (χ2v) is 12.8. The molecule has 1 aliphatic carbocycles. The van der Waals surface area contributed by atoms with Crippen molar-refractivity contribution in [3.8, 4) is 5.75 Å². The van der Waals surface area contributed by atoms with Gasteiger partial charge in [-0.1, -0.05) is 46.2 Å². The van der Waals surface area contributed by atoms with Crippen LogP contribution in [0, 0.1) is 18.3 Å². The molecule has 1 aromatic heterocycles. The lowest BCUT2D eigenvalue weighted by Crippen LogP contribution is -2.27. The van der Waals surface area contributed by atoms with E-state index >= 15 is 0 Å². The highest BCUT2D eigenvalue weighted by Gasteiger charge is 2.33. The lowest BCUT2D eigenvalue weighted by Gasteiger charge is -2.33. The van der Waals surface area contributed by atoms with E-state index in [0.29, 0.717) is 22.4 Å². The van der Waals surface area contributed by atoms with Crippen LogP contribution in [0.5, 0.6) is 5.75 Å². The molecular weight excluding hydrogens is 500 g/mol. The minimum atomic E-state index is -0.115. The number of ether oxygens (including phenoxy) is 1. The van der Waals surface area contributed by atoms with Gasteiger partial charge in [-0.3, -0.25) is 4.79 Å². The van der Waals surface area contributed by atoms with E-state index in [1.807, 2.05) is 18.3 Å². The molecule has 1 amide bonds. The Labute approximate surface area is 230 Å². The molecule has 1 heterocycles. The lowest BCUT2D eigenvalue weighted by molar-refractivity contribution is 0.102. The average Bonchev–Trinajstić information content (AvgIpc) is 3.21. The summed E-state index contributed by atoms with van der Waals surface area (Å²) in [4.78, 5) is 19.8. The number of aliphatic imine (C=N–C) groups is 1. The van der Waals surface area contributed by atoms with Crippen molar-refractivity contribution in [1.82, 2.24) is 0 Å². The minimum absolute atomic E-state index is 0.115. The van der Waals surface area contributed by atoms with Gasteiger partial charge < -0.3 is 10.1 Å². The Bertz CT molecular complexity index is 1320. The van der Waals surface area contributed by atoms with Crippen molar-refractivity contribution in [2.24, 2.45) is 16.3 Å². The molecule has 0 radical (unpaired) electrons. The number of benzene rings is 2. The Morgan fingerprint density at radius 2 is 1.92 bits per heavy atom. The number of nitrogens with one attached hydrogen (secondary N) is 1. The number of aryl methyl sites for hydroxylation is 1. The summed E-state index contributed by atoms with van der Waals surface area (Å²) in [5.41, 5.74) is 6.07. The van der Waals surface area contributed by atoms with Gasteiger partial charge in [0.2, 0.25) is 0 Å². The van der Waals surface area contributed by atoms with Crippen LogP contribution in [0.25, 0.3) is 0 Å². The number of hydrogen-bond acceptors (Lipinski definition) is 4. The van der Waals surface area contributed by atoms with Gasteiger partial charge in [0.1, 0.15) is 10.8 Å². The van der Waals surface area contributed by atoms with E-state index in [-0.39, 0.29) is 11.3 Å². The summed E-state index contributed by atoms with van der Waals surface area (Å²) in [6.45, 7) is 13.3. The molecule has 3 aromatic rings. The van der Waals surface area contributed by atoms with E-state index in [4.69, 9.17) is 21.3 Å². The van der Waals surface area contributed by atoms with Crippen LogP contribution in [0.4, 0.5) is 10.7 Å². The number of carbonyl (C=O) groups excluding carboxylic acids is 1. The number of methoxy groups -OCH3 is 1. The zero-order valence-corrected chi connectivity index (χ0v) is 24.4. The first-order valence-corrected chi connectivity index (χ1v) is 14.1. The van der Waals surface area contributed by atoms with Gasteiger partial charge in [0.05, 0.1) is 12.7 Å². The molecule has 0 spiro atoms. The molecule has 0 fully saturated rings. The van der Waals surface area contributed by atoms with Crippen LogP contribution in [0.3, 0.4) is 0 Å². The van der Waals surface area contributed by atoms with Gasteiger partial charge in [0.15, 0.2) is 0 Å². The number of nitrogens with zero attached hydrogens (tertiary/aromatic N) is 1. The van der Waals surface area contributed by atoms with Crippen LogP contribution in [0.2, 0.25) is 5.02 Å². The molecule has 0 saturated carbocycles. The van der Waals surface area contributed by atoms with Crippen LogP contribution < -0.4 is 10.1 Å². The highest BCUT2D eigenvalue weighted by atomic mass is 35.5. The third-order valence-electron chi connectivity index (χ3n) is 7.36. The van der Waals surface area contributed by atoms with Crippen LogP contribution in [0.1, 0.15) is 84.4 Å². The third kappa shape index (κ3) is 6.10. The number of thiophene rings is 1. The van der Waals surface area contributed by atoms with Crippen LogP contribution >= 0.6 is 22.9 Å². The zero-order chi connectivity index (χ0) is 26.9. The third-order valence-corrected chi connectivity index (χ3v) is 8.78. The van der Waals surface area contributed by atoms with Crippen molar-refractivity contribution in [3.05, 3.63) is 74.1 Å². The topological polar surface area (TPSA) is 50.7 Å². The lowest BCUT2D eigenvalue weighted by atomic mass is 9.72. The van der Waals surface area contributed by atoms with Crippen LogP contribution in [-0.4, -0.2) is 19.2 Å². The fraction of sp³-hybridized carbons (Fsp3) is 0.419. The zero-order valence-electron chi connectivity index (χ0n) is 22.9. The first kappa shape index (κ1) is 27.4. The van der Waals surface area contributed by atoms with Gasteiger partial charge in [0, 0.05) is 21.8 Å². The number of amides is 1. The normalized spacial score (nSPS) is 15.8. The van der Waals surface area contributed by atoms with Gasteiger partial charge in [-0.05, 0) is 102 Å². The van der Waals surface area contributed by atoms with Crippen molar-refractivity contribution in [2.45, 2.75) is 66.7 Å². The van der Waals surface area contributed by atoms with E-state index in [2.05, 4.69) is 59.0 Å². The SMILES string of the molecule is COc1cc(C)c(C=Nc2sc3c(c2C(=O)Nc2ccc(Cl)cc2)CC[C@H](C(C)(C)C)C3)cc1C(C)C. The van der Waals surface area contributed by atoms with Gasteiger partial charge in [-0.25, -0.2) is 4.99 Å². The second-order valence-electron chi connectivity index (χ2n) is 11.3. The maximum atomic E-state index is 13.6. The summed E-state index contributed by atoms with van der Waals surface area (Å²) in [6.07, 6.45) is 4.86. The van der Waals surface area contributed by atoms with Crippen molar-refractivity contribution in [2.75, 3.05) is 12.4 Å². The van der Waals surface area contributed by atoms with E-state index in [1.54, 1.807) is 30.6 Å². The summed E-state index contributed by atoms with van der Waals surface area (Å²) in [6, 6.07) is 11.4.